The van der Waals surface area contributed by atoms with Crippen molar-refractivity contribution in [3.63, 3.8) is 0 Å². The maximum atomic E-state index is 11.7. The van der Waals surface area contributed by atoms with Gasteiger partial charge in [-0.05, 0) is 24.8 Å². The van der Waals surface area contributed by atoms with E-state index < -0.39 is 10.0 Å². The fourth-order valence-electron chi connectivity index (χ4n) is 2.66. The van der Waals surface area contributed by atoms with Crippen molar-refractivity contribution >= 4 is 22.7 Å². The van der Waals surface area contributed by atoms with Crippen molar-refractivity contribution in [1.29, 1.82) is 0 Å². The topological polar surface area (TPSA) is 46.6 Å². The molecule has 0 saturated carbocycles. The monoisotopic (exact) mass is 329 g/mol. The van der Waals surface area contributed by atoms with Crippen molar-refractivity contribution in [1.82, 2.24) is 4.31 Å². The van der Waals surface area contributed by atoms with E-state index in [4.69, 9.17) is 4.74 Å². The average molecular weight is 329 g/mol. The van der Waals surface area contributed by atoms with Crippen molar-refractivity contribution in [3.8, 4) is 0 Å². The first kappa shape index (κ1) is 16.8. The molecule has 1 aromatic carbocycles. The van der Waals surface area contributed by atoms with Crippen LogP contribution in [-0.4, -0.2) is 50.0 Å². The van der Waals surface area contributed by atoms with Gasteiger partial charge in [0.05, 0.1) is 12.9 Å². The highest BCUT2D eigenvalue weighted by Gasteiger charge is 2.35. The van der Waals surface area contributed by atoms with E-state index >= 15 is 0 Å². The largest absolute Gasteiger partial charge is 0.380 e. The predicted octanol–water partition coefficient (Wildman–Crippen LogP) is 1.97. The zero-order valence-corrected chi connectivity index (χ0v) is 14.0. The van der Waals surface area contributed by atoms with Crippen LogP contribution >= 0.6 is 12.6 Å². The van der Waals surface area contributed by atoms with Gasteiger partial charge in [-0.15, -0.1) is 0 Å². The number of hydrogen-bond donors (Lipinski definition) is 1. The number of sulfonamides is 1. The second-order valence-electron chi connectivity index (χ2n) is 5.54. The predicted molar refractivity (Wildman–Crippen MR) is 88.3 cm³/mol. The molecule has 0 N–H and O–H groups in total. The van der Waals surface area contributed by atoms with Crippen LogP contribution in [0, 0.1) is 0 Å². The lowest BCUT2D eigenvalue weighted by Gasteiger charge is -2.21. The Balaban J connectivity index is 1.70. The van der Waals surface area contributed by atoms with E-state index in [0.717, 1.165) is 19.3 Å². The lowest BCUT2D eigenvalue weighted by molar-refractivity contribution is 0.0976. The van der Waals surface area contributed by atoms with Crippen molar-refractivity contribution in [3.05, 3.63) is 35.9 Å². The van der Waals surface area contributed by atoms with Crippen molar-refractivity contribution < 1.29 is 13.2 Å². The van der Waals surface area contributed by atoms with Gasteiger partial charge in [-0.25, -0.2) is 8.42 Å². The lowest BCUT2D eigenvalue weighted by atomic mass is 10.1. The number of benzene rings is 1. The van der Waals surface area contributed by atoms with Crippen molar-refractivity contribution in [2.75, 3.05) is 26.0 Å². The van der Waals surface area contributed by atoms with Crippen LogP contribution in [0.15, 0.2) is 30.3 Å². The third-order valence-corrected chi connectivity index (χ3v) is 5.35. The minimum absolute atomic E-state index is 0.0702. The standard InChI is InChI=1S/C15H23NO3S2/c1-21(17,18)16-11-15(20)10-14(16)12-19-9-5-8-13-6-3-2-4-7-13/h2-4,6-7,14-15,20H,5,8-12H2,1H3. The Kier molecular flexibility index (Phi) is 6.10. The quantitative estimate of drug-likeness (QED) is 0.614. The van der Waals surface area contributed by atoms with Gasteiger partial charge in [0.25, 0.3) is 0 Å². The molecule has 21 heavy (non-hydrogen) atoms. The zero-order valence-electron chi connectivity index (χ0n) is 12.3. The first-order valence-electron chi connectivity index (χ1n) is 7.23. The molecule has 1 aliphatic rings. The summed E-state index contributed by atoms with van der Waals surface area (Å²) >= 11 is 4.39. The highest BCUT2D eigenvalue weighted by atomic mass is 32.2. The molecule has 2 rings (SSSR count). The van der Waals surface area contributed by atoms with Gasteiger partial charge >= 0.3 is 0 Å². The van der Waals surface area contributed by atoms with Gasteiger partial charge in [-0.2, -0.15) is 16.9 Å². The summed E-state index contributed by atoms with van der Waals surface area (Å²) < 4.78 is 30.6. The molecule has 0 spiro atoms. The minimum atomic E-state index is -3.17. The fourth-order valence-corrected chi connectivity index (χ4v) is 4.33. The van der Waals surface area contributed by atoms with E-state index in [1.54, 1.807) is 0 Å². The molecule has 0 amide bonds. The highest BCUT2D eigenvalue weighted by Crippen LogP contribution is 2.24. The summed E-state index contributed by atoms with van der Waals surface area (Å²) in [6.07, 6.45) is 3.94. The molecular formula is C15H23NO3S2. The second kappa shape index (κ2) is 7.63. The third-order valence-electron chi connectivity index (χ3n) is 3.68. The Morgan fingerprint density at radius 2 is 2.05 bits per heavy atom. The Morgan fingerprint density at radius 1 is 1.33 bits per heavy atom. The molecule has 0 aliphatic carbocycles. The van der Waals surface area contributed by atoms with E-state index in [1.807, 2.05) is 18.2 Å². The summed E-state index contributed by atoms with van der Waals surface area (Å²) in [5, 5.41) is 0.109. The molecule has 1 aromatic rings. The normalized spacial score (nSPS) is 23.5. The van der Waals surface area contributed by atoms with Crippen molar-refractivity contribution in [2.24, 2.45) is 0 Å². The minimum Gasteiger partial charge on any atom is -0.380 e. The molecule has 6 heteroatoms. The van der Waals surface area contributed by atoms with Crippen LogP contribution in [-0.2, 0) is 21.2 Å². The Bertz CT molecular complexity index is 533. The Hall–Kier alpha value is -0.560. The molecule has 118 valence electrons. The molecule has 1 heterocycles. The first-order chi connectivity index (χ1) is 9.97. The zero-order chi connectivity index (χ0) is 15.3. The van der Waals surface area contributed by atoms with E-state index in [2.05, 4.69) is 24.8 Å². The van der Waals surface area contributed by atoms with Gasteiger partial charge in [0.1, 0.15) is 0 Å². The maximum absolute atomic E-state index is 11.7. The van der Waals surface area contributed by atoms with Crippen LogP contribution in [0.25, 0.3) is 0 Å². The Labute approximate surface area is 132 Å². The summed E-state index contributed by atoms with van der Waals surface area (Å²) in [7, 11) is -3.17. The van der Waals surface area contributed by atoms with E-state index in [9.17, 15) is 8.42 Å². The smallest absolute Gasteiger partial charge is 0.211 e. The SMILES string of the molecule is CS(=O)(=O)N1CC(S)CC1COCCCc1ccccc1. The molecule has 0 radical (unpaired) electrons. The molecule has 2 atom stereocenters. The summed E-state index contributed by atoms with van der Waals surface area (Å²) in [4.78, 5) is 0. The second-order valence-corrected chi connectivity index (χ2v) is 8.21. The van der Waals surface area contributed by atoms with Gasteiger partial charge in [0.15, 0.2) is 0 Å². The summed E-state index contributed by atoms with van der Waals surface area (Å²) in [6, 6.07) is 10.2. The number of rotatable bonds is 7. The maximum Gasteiger partial charge on any atom is 0.211 e. The molecule has 2 unspecified atom stereocenters. The molecular weight excluding hydrogens is 306 g/mol. The van der Waals surface area contributed by atoms with Crippen LogP contribution in [0.1, 0.15) is 18.4 Å². The van der Waals surface area contributed by atoms with Crippen LogP contribution in [0.3, 0.4) is 0 Å². The van der Waals surface area contributed by atoms with Gasteiger partial charge in [-0.3, -0.25) is 0 Å². The molecule has 1 aliphatic heterocycles. The third kappa shape index (κ3) is 5.29. The van der Waals surface area contributed by atoms with Crippen LogP contribution < -0.4 is 0 Å². The number of ether oxygens (including phenoxy) is 1. The van der Waals surface area contributed by atoms with Crippen molar-refractivity contribution in [2.45, 2.75) is 30.6 Å². The van der Waals surface area contributed by atoms with E-state index in [-0.39, 0.29) is 11.3 Å². The molecule has 1 fully saturated rings. The van der Waals surface area contributed by atoms with Gasteiger partial charge in [0, 0.05) is 24.4 Å². The van der Waals surface area contributed by atoms with Crippen LogP contribution in [0.2, 0.25) is 0 Å². The lowest BCUT2D eigenvalue weighted by Crippen LogP contribution is -2.37. The van der Waals surface area contributed by atoms with Crippen LogP contribution in [0.4, 0.5) is 0 Å². The molecule has 4 nitrogen and oxygen atoms in total. The number of hydrogen-bond acceptors (Lipinski definition) is 4. The molecule has 1 saturated heterocycles. The number of nitrogens with zero attached hydrogens (tertiary/aromatic N) is 1. The van der Waals surface area contributed by atoms with Gasteiger partial charge < -0.3 is 4.74 Å². The number of thiol groups is 1. The molecule has 0 bridgehead atoms. The fraction of sp³-hybridized carbons (Fsp3) is 0.600. The van der Waals surface area contributed by atoms with Gasteiger partial charge in [0.2, 0.25) is 10.0 Å². The van der Waals surface area contributed by atoms with E-state index in [1.165, 1.54) is 16.1 Å². The summed E-state index contributed by atoms with van der Waals surface area (Å²) in [5.74, 6) is 0. The summed E-state index contributed by atoms with van der Waals surface area (Å²) in [5.41, 5.74) is 1.30. The number of aryl methyl sites for hydroxylation is 1. The van der Waals surface area contributed by atoms with E-state index in [0.29, 0.717) is 19.8 Å². The average Bonchev–Trinajstić information content (AvgIpc) is 2.81. The molecule has 0 aromatic heterocycles. The van der Waals surface area contributed by atoms with Gasteiger partial charge in [-0.1, -0.05) is 30.3 Å². The Morgan fingerprint density at radius 3 is 2.71 bits per heavy atom. The summed E-state index contributed by atoms with van der Waals surface area (Å²) in [6.45, 7) is 1.60. The first-order valence-corrected chi connectivity index (χ1v) is 9.60. The highest BCUT2D eigenvalue weighted by molar-refractivity contribution is 7.88. The van der Waals surface area contributed by atoms with Crippen LogP contribution in [0.5, 0.6) is 0 Å².